The Balaban J connectivity index is 2.02. The van der Waals surface area contributed by atoms with Crippen LogP contribution in [0.25, 0.3) is 6.08 Å². The molecule has 0 atom stereocenters. The monoisotopic (exact) mass is 399 g/mol. The van der Waals surface area contributed by atoms with E-state index in [2.05, 4.69) is 4.99 Å². The van der Waals surface area contributed by atoms with Crippen molar-refractivity contribution in [2.75, 3.05) is 35.5 Å². The van der Waals surface area contributed by atoms with Crippen molar-refractivity contribution in [1.82, 2.24) is 0 Å². The predicted octanol–water partition coefficient (Wildman–Crippen LogP) is 3.07. The van der Waals surface area contributed by atoms with Gasteiger partial charge in [-0.15, -0.1) is 0 Å². The number of ether oxygens (including phenoxy) is 6. The molecule has 3 rings (SSSR count). The number of methoxy groups -OCH3 is 5. The van der Waals surface area contributed by atoms with Crippen molar-refractivity contribution in [3.8, 4) is 28.7 Å². The Morgan fingerprint density at radius 3 is 1.86 bits per heavy atom. The summed E-state index contributed by atoms with van der Waals surface area (Å²) in [6.45, 7) is 0. The molecule has 1 heterocycles. The van der Waals surface area contributed by atoms with Gasteiger partial charge in [0.1, 0.15) is 11.5 Å². The summed E-state index contributed by atoms with van der Waals surface area (Å²) >= 11 is 0. The van der Waals surface area contributed by atoms with Crippen molar-refractivity contribution >= 4 is 17.9 Å². The first kappa shape index (κ1) is 20.1. The molecule has 0 bridgehead atoms. The average Bonchev–Trinajstić information content (AvgIpc) is 3.12. The minimum atomic E-state index is -0.574. The molecule has 0 radical (unpaired) electrons. The summed E-state index contributed by atoms with van der Waals surface area (Å²) in [5.74, 6) is 2.03. The Morgan fingerprint density at radius 1 is 0.793 bits per heavy atom. The van der Waals surface area contributed by atoms with E-state index in [0.29, 0.717) is 39.9 Å². The zero-order valence-electron chi connectivity index (χ0n) is 16.8. The third kappa shape index (κ3) is 4.11. The molecule has 8 nitrogen and oxygen atoms in total. The summed E-state index contributed by atoms with van der Waals surface area (Å²) in [5.41, 5.74) is 1.34. The Bertz CT molecular complexity index is 947. The fraction of sp³-hybridized carbons (Fsp3) is 0.238. The third-order valence-corrected chi connectivity index (χ3v) is 4.21. The molecule has 0 saturated carbocycles. The van der Waals surface area contributed by atoms with E-state index in [-0.39, 0.29) is 11.6 Å². The first-order valence-corrected chi connectivity index (χ1v) is 8.59. The summed E-state index contributed by atoms with van der Waals surface area (Å²) in [7, 11) is 7.62. The first-order valence-electron chi connectivity index (χ1n) is 8.59. The lowest BCUT2D eigenvalue weighted by atomic mass is 10.1. The van der Waals surface area contributed by atoms with Crippen LogP contribution in [0.15, 0.2) is 41.0 Å². The molecule has 0 aromatic heterocycles. The fourth-order valence-electron chi connectivity index (χ4n) is 2.81. The minimum Gasteiger partial charge on any atom is -0.497 e. The number of aliphatic imine (C=N–C) groups is 1. The summed E-state index contributed by atoms with van der Waals surface area (Å²) < 4.78 is 31.8. The zero-order valence-corrected chi connectivity index (χ0v) is 16.8. The highest BCUT2D eigenvalue weighted by Crippen LogP contribution is 2.39. The van der Waals surface area contributed by atoms with Gasteiger partial charge in [0.15, 0.2) is 17.2 Å². The number of carbonyl (C=O) groups is 1. The van der Waals surface area contributed by atoms with Crippen LogP contribution in [0.5, 0.6) is 28.7 Å². The molecule has 0 N–H and O–H groups in total. The van der Waals surface area contributed by atoms with Crippen molar-refractivity contribution in [2.24, 2.45) is 4.99 Å². The smallest absolute Gasteiger partial charge is 0.363 e. The topological polar surface area (TPSA) is 84.8 Å². The maximum atomic E-state index is 12.3. The summed E-state index contributed by atoms with van der Waals surface area (Å²) in [6, 6.07) is 8.57. The largest absolute Gasteiger partial charge is 0.497 e. The van der Waals surface area contributed by atoms with E-state index in [1.807, 2.05) is 0 Å². The van der Waals surface area contributed by atoms with Gasteiger partial charge in [-0.3, -0.25) is 0 Å². The number of cyclic esters (lactones) is 1. The molecular formula is C21H21NO7. The van der Waals surface area contributed by atoms with Gasteiger partial charge in [0, 0.05) is 11.6 Å². The van der Waals surface area contributed by atoms with Gasteiger partial charge in [-0.05, 0) is 35.9 Å². The van der Waals surface area contributed by atoms with Crippen LogP contribution in [0.4, 0.5) is 0 Å². The maximum Gasteiger partial charge on any atom is 0.363 e. The van der Waals surface area contributed by atoms with E-state index in [9.17, 15) is 4.79 Å². The lowest BCUT2D eigenvalue weighted by molar-refractivity contribution is -0.129. The quantitative estimate of drug-likeness (QED) is 0.522. The second kappa shape index (κ2) is 8.55. The Labute approximate surface area is 168 Å². The van der Waals surface area contributed by atoms with Gasteiger partial charge in [0.25, 0.3) is 0 Å². The highest BCUT2D eigenvalue weighted by Gasteiger charge is 2.26. The molecule has 0 saturated heterocycles. The number of esters is 1. The molecule has 1 aliphatic heterocycles. The molecule has 29 heavy (non-hydrogen) atoms. The van der Waals surface area contributed by atoms with Crippen LogP contribution in [0.1, 0.15) is 11.1 Å². The maximum absolute atomic E-state index is 12.3. The van der Waals surface area contributed by atoms with Gasteiger partial charge in [-0.25, -0.2) is 9.79 Å². The van der Waals surface area contributed by atoms with Gasteiger partial charge in [0.2, 0.25) is 11.6 Å². The predicted molar refractivity (Wildman–Crippen MR) is 106 cm³/mol. The fourth-order valence-corrected chi connectivity index (χ4v) is 2.81. The van der Waals surface area contributed by atoms with E-state index in [4.69, 9.17) is 28.4 Å². The number of hydrogen-bond acceptors (Lipinski definition) is 8. The third-order valence-electron chi connectivity index (χ3n) is 4.21. The van der Waals surface area contributed by atoms with Crippen molar-refractivity contribution in [3.63, 3.8) is 0 Å². The van der Waals surface area contributed by atoms with Crippen molar-refractivity contribution in [1.29, 1.82) is 0 Å². The van der Waals surface area contributed by atoms with E-state index in [1.165, 1.54) is 21.3 Å². The minimum absolute atomic E-state index is 0.135. The van der Waals surface area contributed by atoms with Crippen LogP contribution in [0, 0.1) is 0 Å². The van der Waals surface area contributed by atoms with E-state index in [0.717, 1.165) is 0 Å². The van der Waals surface area contributed by atoms with Crippen LogP contribution in [0.2, 0.25) is 0 Å². The molecule has 0 fully saturated rings. The second-order valence-corrected chi connectivity index (χ2v) is 5.90. The van der Waals surface area contributed by atoms with Gasteiger partial charge in [-0.2, -0.15) is 0 Å². The normalized spacial score (nSPS) is 14.3. The van der Waals surface area contributed by atoms with Gasteiger partial charge in [0.05, 0.1) is 35.5 Å². The van der Waals surface area contributed by atoms with E-state index < -0.39 is 5.97 Å². The molecule has 0 aliphatic carbocycles. The molecule has 2 aromatic carbocycles. The van der Waals surface area contributed by atoms with Crippen LogP contribution in [0.3, 0.4) is 0 Å². The number of nitrogens with zero attached hydrogens (tertiary/aromatic N) is 1. The standard InChI is InChI=1S/C21H21NO7/c1-24-14-6-12(7-15(11-14)25-2)8-16-21(23)29-20(22-16)13-9-17(26-3)19(28-5)18(10-13)27-4/h6-11H,1-5H3. The highest BCUT2D eigenvalue weighted by molar-refractivity contribution is 6.13. The van der Waals surface area contributed by atoms with Gasteiger partial charge in [-0.1, -0.05) is 0 Å². The lowest BCUT2D eigenvalue weighted by Crippen LogP contribution is -2.06. The second-order valence-electron chi connectivity index (χ2n) is 5.90. The first-order chi connectivity index (χ1) is 14.0. The lowest BCUT2D eigenvalue weighted by Gasteiger charge is -2.13. The van der Waals surface area contributed by atoms with Crippen molar-refractivity contribution < 1.29 is 33.2 Å². The van der Waals surface area contributed by atoms with Crippen LogP contribution in [-0.2, 0) is 9.53 Å². The SMILES string of the molecule is COc1cc(C=C2N=C(c3cc(OC)c(OC)c(OC)c3)OC2=O)cc(OC)c1. The molecule has 2 aromatic rings. The van der Waals surface area contributed by atoms with Crippen LogP contribution in [-0.4, -0.2) is 47.4 Å². The number of carbonyl (C=O) groups excluding carboxylic acids is 1. The Hall–Kier alpha value is -3.68. The van der Waals surface area contributed by atoms with Crippen molar-refractivity contribution in [2.45, 2.75) is 0 Å². The highest BCUT2D eigenvalue weighted by atomic mass is 16.6. The van der Waals surface area contributed by atoms with Gasteiger partial charge < -0.3 is 28.4 Å². The Morgan fingerprint density at radius 2 is 1.38 bits per heavy atom. The summed E-state index contributed by atoms with van der Waals surface area (Å²) in [4.78, 5) is 16.7. The van der Waals surface area contributed by atoms with Crippen LogP contribution >= 0.6 is 0 Å². The van der Waals surface area contributed by atoms with Crippen molar-refractivity contribution in [3.05, 3.63) is 47.2 Å². The average molecular weight is 399 g/mol. The molecule has 8 heteroatoms. The molecule has 152 valence electrons. The number of rotatable bonds is 7. The molecule has 0 spiro atoms. The van der Waals surface area contributed by atoms with Crippen LogP contribution < -0.4 is 23.7 Å². The van der Waals surface area contributed by atoms with E-state index >= 15 is 0 Å². The number of hydrogen-bond donors (Lipinski definition) is 0. The molecular weight excluding hydrogens is 378 g/mol. The summed E-state index contributed by atoms with van der Waals surface area (Å²) in [6.07, 6.45) is 1.60. The Kier molecular flexibility index (Phi) is 5.92. The molecule has 0 unspecified atom stereocenters. The van der Waals surface area contributed by atoms with E-state index in [1.54, 1.807) is 50.6 Å². The zero-order chi connectivity index (χ0) is 21.0. The molecule has 0 amide bonds. The summed E-state index contributed by atoms with van der Waals surface area (Å²) in [5, 5.41) is 0. The van der Waals surface area contributed by atoms with Gasteiger partial charge >= 0.3 is 5.97 Å². The number of benzene rings is 2. The molecule has 1 aliphatic rings.